The van der Waals surface area contributed by atoms with Crippen LogP contribution in [-0.2, 0) is 11.3 Å². The summed E-state index contributed by atoms with van der Waals surface area (Å²) >= 11 is 0. The fraction of sp³-hybridized carbons (Fsp3) is 0.278. The molecule has 6 heteroatoms. The molecule has 0 unspecified atom stereocenters. The van der Waals surface area contributed by atoms with Crippen LogP contribution in [0.4, 0.5) is 10.5 Å². The highest BCUT2D eigenvalue weighted by atomic mass is 16.5. The predicted molar refractivity (Wildman–Crippen MR) is 92.0 cm³/mol. The number of ether oxygens (including phenoxy) is 1. The van der Waals surface area contributed by atoms with E-state index in [-0.39, 0.29) is 12.5 Å². The molecule has 2 aromatic rings. The highest BCUT2D eigenvalue weighted by molar-refractivity contribution is 6.05. The van der Waals surface area contributed by atoms with E-state index in [0.29, 0.717) is 17.9 Å². The first kappa shape index (κ1) is 17.5. The van der Waals surface area contributed by atoms with E-state index in [1.54, 1.807) is 25.3 Å². The van der Waals surface area contributed by atoms with E-state index in [0.717, 1.165) is 16.8 Å². The van der Waals surface area contributed by atoms with E-state index in [2.05, 4.69) is 15.6 Å². The third kappa shape index (κ3) is 4.55. The summed E-state index contributed by atoms with van der Waals surface area (Å²) in [4.78, 5) is 27.9. The van der Waals surface area contributed by atoms with Gasteiger partial charge in [0.2, 0.25) is 0 Å². The van der Waals surface area contributed by atoms with Crippen LogP contribution in [0.1, 0.15) is 34.1 Å². The van der Waals surface area contributed by atoms with Crippen LogP contribution >= 0.6 is 0 Å². The molecule has 1 aromatic carbocycles. The maximum atomic E-state index is 12.5. The second-order valence-corrected chi connectivity index (χ2v) is 5.33. The normalized spacial score (nSPS) is 10.1. The Bertz CT molecular complexity index is 724. The average molecular weight is 327 g/mol. The number of alkyl carbamates (subject to hydrolysis) is 1. The number of carbonyl (C=O) groups is 2. The number of benzene rings is 1. The molecule has 0 bridgehead atoms. The Labute approximate surface area is 141 Å². The number of aryl methyl sites for hydroxylation is 2. The van der Waals surface area contributed by atoms with Gasteiger partial charge in [0.1, 0.15) is 0 Å². The molecule has 0 saturated carbocycles. The van der Waals surface area contributed by atoms with Crippen molar-refractivity contribution in [3.05, 3.63) is 58.9 Å². The summed E-state index contributed by atoms with van der Waals surface area (Å²) in [6, 6.07) is 9.13. The highest BCUT2D eigenvalue weighted by Gasteiger charge is 2.11. The van der Waals surface area contributed by atoms with Gasteiger partial charge in [0.25, 0.3) is 5.91 Å². The van der Waals surface area contributed by atoms with Gasteiger partial charge in [-0.3, -0.25) is 9.78 Å². The summed E-state index contributed by atoms with van der Waals surface area (Å²) in [6.45, 7) is 6.13. The molecule has 24 heavy (non-hydrogen) atoms. The molecule has 0 radical (unpaired) electrons. The lowest BCUT2D eigenvalue weighted by atomic mass is 10.1. The molecule has 0 saturated heterocycles. The van der Waals surface area contributed by atoms with Crippen molar-refractivity contribution in [1.29, 1.82) is 0 Å². The minimum Gasteiger partial charge on any atom is -0.450 e. The van der Waals surface area contributed by atoms with Crippen LogP contribution in [-0.4, -0.2) is 23.6 Å². The van der Waals surface area contributed by atoms with Crippen LogP contribution in [0.2, 0.25) is 0 Å². The quantitative estimate of drug-likeness (QED) is 0.884. The minimum absolute atomic E-state index is 0.198. The molecule has 0 spiro atoms. The zero-order chi connectivity index (χ0) is 17.5. The molecule has 2 N–H and O–H groups in total. The third-order valence-corrected chi connectivity index (χ3v) is 3.49. The van der Waals surface area contributed by atoms with Crippen LogP contribution in [0.25, 0.3) is 0 Å². The van der Waals surface area contributed by atoms with Crippen LogP contribution in [0.5, 0.6) is 0 Å². The van der Waals surface area contributed by atoms with Crippen LogP contribution in [0, 0.1) is 13.8 Å². The van der Waals surface area contributed by atoms with Gasteiger partial charge in [-0.1, -0.05) is 18.2 Å². The minimum atomic E-state index is -0.510. The van der Waals surface area contributed by atoms with E-state index >= 15 is 0 Å². The molecule has 2 rings (SSSR count). The van der Waals surface area contributed by atoms with Gasteiger partial charge in [0, 0.05) is 17.4 Å². The fourth-order valence-electron chi connectivity index (χ4n) is 2.26. The van der Waals surface area contributed by atoms with Crippen molar-refractivity contribution in [3.63, 3.8) is 0 Å². The molecule has 2 amide bonds. The summed E-state index contributed by atoms with van der Waals surface area (Å²) in [5, 5.41) is 5.51. The van der Waals surface area contributed by atoms with Gasteiger partial charge in [-0.15, -0.1) is 0 Å². The second kappa shape index (κ2) is 8.10. The summed E-state index contributed by atoms with van der Waals surface area (Å²) in [5.41, 5.74) is 3.87. The Kier molecular flexibility index (Phi) is 5.89. The van der Waals surface area contributed by atoms with Crippen LogP contribution in [0.3, 0.4) is 0 Å². The third-order valence-electron chi connectivity index (χ3n) is 3.49. The Morgan fingerprint density at radius 3 is 2.54 bits per heavy atom. The largest absolute Gasteiger partial charge is 0.450 e. The van der Waals surface area contributed by atoms with Gasteiger partial charge in [-0.2, -0.15) is 0 Å². The lowest BCUT2D eigenvalue weighted by Gasteiger charge is -2.12. The monoisotopic (exact) mass is 327 g/mol. The molecular formula is C18H21N3O3. The first-order valence-electron chi connectivity index (χ1n) is 7.74. The molecule has 6 nitrogen and oxygen atoms in total. The summed E-state index contributed by atoms with van der Waals surface area (Å²) in [6.07, 6.45) is 1.03. The number of carbonyl (C=O) groups excluding carboxylic acids is 2. The number of amides is 2. The molecule has 1 aromatic heterocycles. The Balaban J connectivity index is 2.07. The first-order valence-corrected chi connectivity index (χ1v) is 7.74. The van der Waals surface area contributed by atoms with Crippen molar-refractivity contribution >= 4 is 17.7 Å². The van der Waals surface area contributed by atoms with Crippen molar-refractivity contribution in [2.75, 3.05) is 11.9 Å². The van der Waals surface area contributed by atoms with Crippen molar-refractivity contribution in [1.82, 2.24) is 10.3 Å². The Hall–Kier alpha value is -2.89. The van der Waals surface area contributed by atoms with Gasteiger partial charge in [0.15, 0.2) is 0 Å². The zero-order valence-electron chi connectivity index (χ0n) is 14.1. The van der Waals surface area contributed by atoms with Crippen LogP contribution in [0.15, 0.2) is 36.5 Å². The smallest absolute Gasteiger partial charge is 0.407 e. The Morgan fingerprint density at radius 2 is 1.88 bits per heavy atom. The lowest BCUT2D eigenvalue weighted by molar-refractivity contribution is 0.102. The summed E-state index contributed by atoms with van der Waals surface area (Å²) < 4.78 is 4.79. The summed E-state index contributed by atoms with van der Waals surface area (Å²) in [7, 11) is 0. The van der Waals surface area contributed by atoms with Crippen molar-refractivity contribution in [2.45, 2.75) is 27.3 Å². The number of anilines is 1. The van der Waals surface area contributed by atoms with Gasteiger partial charge in [-0.25, -0.2) is 4.79 Å². The maximum absolute atomic E-state index is 12.5. The van der Waals surface area contributed by atoms with Crippen molar-refractivity contribution in [3.8, 4) is 0 Å². The van der Waals surface area contributed by atoms with Crippen molar-refractivity contribution < 1.29 is 14.3 Å². The topological polar surface area (TPSA) is 80.3 Å². The highest BCUT2D eigenvalue weighted by Crippen LogP contribution is 2.20. The maximum Gasteiger partial charge on any atom is 0.407 e. The van der Waals surface area contributed by atoms with Crippen molar-refractivity contribution in [2.24, 2.45) is 0 Å². The number of nitrogens with zero attached hydrogens (tertiary/aromatic N) is 1. The molecule has 0 fully saturated rings. The summed E-state index contributed by atoms with van der Waals surface area (Å²) in [5.74, 6) is -0.216. The first-order chi connectivity index (χ1) is 11.5. The fourth-order valence-corrected chi connectivity index (χ4v) is 2.26. The second-order valence-electron chi connectivity index (χ2n) is 5.33. The molecule has 0 aliphatic heterocycles. The number of aromatic nitrogens is 1. The van der Waals surface area contributed by atoms with E-state index < -0.39 is 6.09 Å². The molecule has 1 heterocycles. The van der Waals surface area contributed by atoms with Gasteiger partial charge in [-0.05, 0) is 44.0 Å². The number of hydrogen-bond donors (Lipinski definition) is 2. The van der Waals surface area contributed by atoms with Crippen LogP contribution < -0.4 is 10.6 Å². The van der Waals surface area contributed by atoms with Gasteiger partial charge >= 0.3 is 6.09 Å². The number of rotatable bonds is 5. The molecule has 0 atom stereocenters. The predicted octanol–water partition coefficient (Wildman–Crippen LogP) is 3.20. The number of nitrogens with one attached hydrogen (secondary N) is 2. The number of para-hydroxylation sites is 1. The van der Waals surface area contributed by atoms with E-state index in [9.17, 15) is 9.59 Å². The van der Waals surface area contributed by atoms with E-state index in [4.69, 9.17) is 4.74 Å². The van der Waals surface area contributed by atoms with E-state index in [1.807, 2.05) is 32.0 Å². The lowest BCUT2D eigenvalue weighted by Crippen LogP contribution is -2.24. The zero-order valence-corrected chi connectivity index (χ0v) is 14.1. The molecule has 0 aliphatic rings. The standard InChI is InChI=1S/C18H21N3O3/c1-4-24-18(23)20-11-15-10-14(8-9-19-15)17(22)21-16-12(2)6-5-7-13(16)3/h5-10H,4,11H2,1-3H3,(H,20,23)(H,21,22). The average Bonchev–Trinajstić information content (AvgIpc) is 2.57. The van der Waals surface area contributed by atoms with Gasteiger partial charge in [0.05, 0.1) is 18.8 Å². The van der Waals surface area contributed by atoms with Gasteiger partial charge < -0.3 is 15.4 Å². The Morgan fingerprint density at radius 1 is 1.17 bits per heavy atom. The molecule has 0 aliphatic carbocycles. The molecule has 126 valence electrons. The SMILES string of the molecule is CCOC(=O)NCc1cc(C(=O)Nc2c(C)cccc2C)ccn1. The molecular weight excluding hydrogens is 306 g/mol. The van der Waals surface area contributed by atoms with E-state index in [1.165, 1.54) is 0 Å². The number of pyridine rings is 1. The number of hydrogen-bond acceptors (Lipinski definition) is 4.